The molecule has 0 aliphatic heterocycles. The predicted octanol–water partition coefficient (Wildman–Crippen LogP) is 3.32. The molecular weight excluding hydrogens is 276 g/mol. The number of hydrogen-bond donors (Lipinski definition) is 3. The van der Waals surface area contributed by atoms with E-state index in [1.807, 2.05) is 42.5 Å². The van der Waals surface area contributed by atoms with Crippen molar-refractivity contribution in [3.63, 3.8) is 0 Å². The zero-order valence-corrected chi connectivity index (χ0v) is 12.2. The number of carbonyl (C=O) groups excluding carboxylic acids is 1. The Labute approximate surface area is 128 Å². The van der Waals surface area contributed by atoms with Gasteiger partial charge in [0.05, 0.1) is 11.0 Å². The van der Waals surface area contributed by atoms with E-state index in [1.54, 1.807) is 0 Å². The number of nitrogens with one attached hydrogen (secondary N) is 3. The van der Waals surface area contributed by atoms with Gasteiger partial charge in [0, 0.05) is 6.54 Å². The largest absolute Gasteiger partial charge is 0.338 e. The van der Waals surface area contributed by atoms with Gasteiger partial charge in [-0.2, -0.15) is 0 Å². The van der Waals surface area contributed by atoms with Gasteiger partial charge in [-0.25, -0.2) is 9.78 Å². The third-order valence-electron chi connectivity index (χ3n) is 3.39. The first kappa shape index (κ1) is 14.1. The van der Waals surface area contributed by atoms with Crippen LogP contribution in [-0.2, 0) is 6.42 Å². The Hall–Kier alpha value is -2.82. The summed E-state index contributed by atoms with van der Waals surface area (Å²) in [6.45, 7) is 0.626. The summed E-state index contributed by atoms with van der Waals surface area (Å²) >= 11 is 0. The molecule has 5 nitrogen and oxygen atoms in total. The highest BCUT2D eigenvalue weighted by atomic mass is 16.2. The molecule has 112 valence electrons. The topological polar surface area (TPSA) is 69.8 Å². The van der Waals surface area contributed by atoms with Gasteiger partial charge in [-0.05, 0) is 30.5 Å². The van der Waals surface area contributed by atoms with Crippen LogP contribution >= 0.6 is 0 Å². The Kier molecular flexibility index (Phi) is 4.34. The minimum absolute atomic E-state index is 0.243. The number of aromatic amines is 1. The Morgan fingerprint density at radius 3 is 2.64 bits per heavy atom. The quantitative estimate of drug-likeness (QED) is 0.632. The van der Waals surface area contributed by atoms with Crippen molar-refractivity contribution >= 4 is 23.0 Å². The number of H-pyrrole nitrogens is 1. The lowest BCUT2D eigenvalue weighted by atomic mass is 10.1. The van der Waals surface area contributed by atoms with E-state index in [1.165, 1.54) is 5.56 Å². The molecule has 0 unspecified atom stereocenters. The Morgan fingerprint density at radius 2 is 1.82 bits per heavy atom. The van der Waals surface area contributed by atoms with Crippen LogP contribution in [0.1, 0.15) is 12.0 Å². The van der Waals surface area contributed by atoms with Crippen molar-refractivity contribution in [3.05, 3.63) is 60.2 Å². The van der Waals surface area contributed by atoms with Crippen molar-refractivity contribution in [2.24, 2.45) is 0 Å². The number of imidazole rings is 1. The van der Waals surface area contributed by atoms with Gasteiger partial charge in [0.2, 0.25) is 5.95 Å². The van der Waals surface area contributed by atoms with Crippen molar-refractivity contribution < 1.29 is 4.79 Å². The maximum absolute atomic E-state index is 11.8. The first-order valence-electron chi connectivity index (χ1n) is 7.35. The maximum Gasteiger partial charge on any atom is 0.321 e. The Balaban J connectivity index is 1.44. The molecule has 3 aromatic rings. The third kappa shape index (κ3) is 3.63. The summed E-state index contributed by atoms with van der Waals surface area (Å²) in [5.74, 6) is 0.460. The third-order valence-corrected chi connectivity index (χ3v) is 3.39. The lowest BCUT2D eigenvalue weighted by Crippen LogP contribution is -2.30. The fourth-order valence-electron chi connectivity index (χ4n) is 2.30. The van der Waals surface area contributed by atoms with Gasteiger partial charge < -0.3 is 10.3 Å². The molecule has 0 saturated heterocycles. The molecule has 2 aromatic carbocycles. The molecule has 5 heteroatoms. The number of fused-ring (bicyclic) bond motifs is 1. The van der Waals surface area contributed by atoms with Gasteiger partial charge >= 0.3 is 6.03 Å². The number of urea groups is 1. The van der Waals surface area contributed by atoms with Crippen molar-refractivity contribution in [2.75, 3.05) is 11.9 Å². The van der Waals surface area contributed by atoms with Crippen molar-refractivity contribution in [1.29, 1.82) is 0 Å². The molecule has 0 fully saturated rings. The lowest BCUT2D eigenvalue weighted by molar-refractivity contribution is 0.252. The van der Waals surface area contributed by atoms with Crippen molar-refractivity contribution in [1.82, 2.24) is 15.3 Å². The predicted molar refractivity (Wildman–Crippen MR) is 87.9 cm³/mol. The van der Waals surface area contributed by atoms with Crippen LogP contribution in [0.4, 0.5) is 10.7 Å². The molecule has 0 radical (unpaired) electrons. The molecule has 0 atom stereocenters. The SMILES string of the molecule is O=C(NCCCc1ccccc1)Nc1nc2ccccc2[nH]1. The highest BCUT2D eigenvalue weighted by Gasteiger charge is 2.05. The Morgan fingerprint density at radius 1 is 1.05 bits per heavy atom. The highest BCUT2D eigenvalue weighted by molar-refractivity contribution is 5.89. The average molecular weight is 294 g/mol. The van der Waals surface area contributed by atoms with E-state index in [2.05, 4.69) is 32.7 Å². The maximum atomic E-state index is 11.8. The number of para-hydroxylation sites is 2. The smallest absolute Gasteiger partial charge is 0.321 e. The van der Waals surface area contributed by atoms with Gasteiger partial charge in [-0.1, -0.05) is 42.5 Å². The first-order chi connectivity index (χ1) is 10.8. The van der Waals surface area contributed by atoms with Gasteiger partial charge in [0.15, 0.2) is 0 Å². The molecular formula is C17H18N4O. The van der Waals surface area contributed by atoms with E-state index in [0.717, 1.165) is 23.9 Å². The summed E-state index contributed by atoms with van der Waals surface area (Å²) in [4.78, 5) is 19.2. The zero-order chi connectivity index (χ0) is 15.2. The van der Waals surface area contributed by atoms with Crippen LogP contribution in [0.3, 0.4) is 0 Å². The second-order valence-electron chi connectivity index (χ2n) is 5.07. The number of anilines is 1. The van der Waals surface area contributed by atoms with E-state index < -0.39 is 0 Å². The second-order valence-corrected chi connectivity index (χ2v) is 5.07. The molecule has 0 bridgehead atoms. The van der Waals surface area contributed by atoms with Gasteiger partial charge in [0.1, 0.15) is 0 Å². The molecule has 0 spiro atoms. The molecule has 2 amide bonds. The van der Waals surface area contributed by atoms with Crippen LogP contribution in [-0.4, -0.2) is 22.5 Å². The minimum Gasteiger partial charge on any atom is -0.338 e. The number of rotatable bonds is 5. The number of hydrogen-bond acceptors (Lipinski definition) is 2. The van der Waals surface area contributed by atoms with Crippen LogP contribution in [0.25, 0.3) is 11.0 Å². The van der Waals surface area contributed by atoms with Crippen molar-refractivity contribution in [3.8, 4) is 0 Å². The van der Waals surface area contributed by atoms with Crippen molar-refractivity contribution in [2.45, 2.75) is 12.8 Å². The van der Waals surface area contributed by atoms with Crippen LogP contribution in [0, 0.1) is 0 Å². The van der Waals surface area contributed by atoms with Crippen LogP contribution in [0.15, 0.2) is 54.6 Å². The lowest BCUT2D eigenvalue weighted by Gasteiger charge is -2.05. The van der Waals surface area contributed by atoms with Crippen LogP contribution < -0.4 is 10.6 Å². The fraction of sp³-hybridized carbons (Fsp3) is 0.176. The number of carbonyl (C=O) groups is 1. The van der Waals surface area contributed by atoms with Crippen LogP contribution in [0.2, 0.25) is 0 Å². The number of nitrogens with zero attached hydrogens (tertiary/aromatic N) is 1. The molecule has 3 rings (SSSR count). The number of amides is 2. The monoisotopic (exact) mass is 294 g/mol. The number of aromatic nitrogens is 2. The van der Waals surface area contributed by atoms with E-state index in [4.69, 9.17) is 0 Å². The van der Waals surface area contributed by atoms with E-state index in [-0.39, 0.29) is 6.03 Å². The fourth-order valence-corrected chi connectivity index (χ4v) is 2.30. The summed E-state index contributed by atoms with van der Waals surface area (Å²) in [5.41, 5.74) is 3.02. The van der Waals surface area contributed by atoms with E-state index >= 15 is 0 Å². The summed E-state index contributed by atoms with van der Waals surface area (Å²) in [6.07, 6.45) is 1.85. The summed E-state index contributed by atoms with van der Waals surface area (Å²) in [5, 5.41) is 5.55. The van der Waals surface area contributed by atoms with E-state index in [0.29, 0.717) is 12.5 Å². The Bertz CT molecular complexity index is 718. The summed E-state index contributed by atoms with van der Waals surface area (Å²) < 4.78 is 0. The average Bonchev–Trinajstić information content (AvgIpc) is 2.94. The first-order valence-corrected chi connectivity index (χ1v) is 7.35. The van der Waals surface area contributed by atoms with Gasteiger partial charge in [0.25, 0.3) is 0 Å². The zero-order valence-electron chi connectivity index (χ0n) is 12.2. The summed E-state index contributed by atoms with van der Waals surface area (Å²) in [7, 11) is 0. The molecule has 1 aromatic heterocycles. The molecule has 22 heavy (non-hydrogen) atoms. The van der Waals surface area contributed by atoms with Gasteiger partial charge in [-0.15, -0.1) is 0 Å². The molecule has 1 heterocycles. The minimum atomic E-state index is -0.243. The number of aryl methyl sites for hydroxylation is 1. The van der Waals surface area contributed by atoms with Crippen LogP contribution in [0.5, 0.6) is 0 Å². The standard InChI is InChI=1S/C17H18N4O/c22-17(18-12-6-9-13-7-2-1-3-8-13)21-16-19-14-10-4-5-11-15(14)20-16/h1-5,7-8,10-11H,6,9,12H2,(H3,18,19,20,21,22). The highest BCUT2D eigenvalue weighted by Crippen LogP contribution is 2.12. The molecule has 0 aliphatic carbocycles. The molecule has 0 saturated carbocycles. The van der Waals surface area contributed by atoms with E-state index in [9.17, 15) is 4.79 Å². The molecule has 0 aliphatic rings. The van der Waals surface area contributed by atoms with Gasteiger partial charge in [-0.3, -0.25) is 5.32 Å². The number of benzene rings is 2. The second kappa shape index (κ2) is 6.76. The molecule has 3 N–H and O–H groups in total. The summed E-state index contributed by atoms with van der Waals surface area (Å²) in [6, 6.07) is 17.6. The normalized spacial score (nSPS) is 10.5.